The van der Waals surface area contributed by atoms with Gasteiger partial charge in [-0.3, -0.25) is 4.98 Å². The van der Waals surface area contributed by atoms with Crippen LogP contribution in [-0.2, 0) is 6.42 Å². The first-order valence-electron chi connectivity index (χ1n) is 5.79. The molecule has 0 fully saturated rings. The highest BCUT2D eigenvalue weighted by molar-refractivity contribution is 5.44. The lowest BCUT2D eigenvalue weighted by atomic mass is 9.86. The summed E-state index contributed by atoms with van der Waals surface area (Å²) < 4.78 is 0. The minimum Gasteiger partial charge on any atom is -0.398 e. The third-order valence-corrected chi connectivity index (χ3v) is 3.22. The normalized spacial score (nSPS) is 21.9. The number of nitrogens with two attached hydrogens (primary N) is 1. The van der Waals surface area contributed by atoms with Crippen LogP contribution in [0.5, 0.6) is 0 Å². The van der Waals surface area contributed by atoms with E-state index in [-0.39, 0.29) is 6.10 Å². The molecule has 0 spiro atoms. The van der Waals surface area contributed by atoms with Crippen molar-refractivity contribution in [3.8, 4) is 0 Å². The lowest BCUT2D eigenvalue weighted by Gasteiger charge is -2.24. The van der Waals surface area contributed by atoms with Gasteiger partial charge in [0.2, 0.25) is 0 Å². The van der Waals surface area contributed by atoms with E-state index in [0.29, 0.717) is 12.3 Å². The number of rotatable bonds is 3. The van der Waals surface area contributed by atoms with Crippen LogP contribution >= 0.6 is 0 Å². The summed E-state index contributed by atoms with van der Waals surface area (Å²) in [5.41, 5.74) is 7.50. The molecule has 0 saturated carbocycles. The van der Waals surface area contributed by atoms with Crippen molar-refractivity contribution < 1.29 is 5.11 Å². The molecule has 1 aromatic rings. The van der Waals surface area contributed by atoms with Gasteiger partial charge in [-0.1, -0.05) is 12.2 Å². The fourth-order valence-corrected chi connectivity index (χ4v) is 2.17. The van der Waals surface area contributed by atoms with Crippen LogP contribution in [0.1, 0.15) is 24.8 Å². The second-order valence-electron chi connectivity index (χ2n) is 4.39. The lowest BCUT2D eigenvalue weighted by Crippen LogP contribution is -2.24. The average Bonchev–Trinajstić information content (AvgIpc) is 2.33. The van der Waals surface area contributed by atoms with Crippen molar-refractivity contribution in [2.45, 2.75) is 31.8 Å². The first-order valence-corrected chi connectivity index (χ1v) is 5.79. The summed E-state index contributed by atoms with van der Waals surface area (Å²) in [5, 5.41) is 10.1. The fourth-order valence-electron chi connectivity index (χ4n) is 2.17. The zero-order valence-electron chi connectivity index (χ0n) is 9.34. The molecule has 0 bridgehead atoms. The number of allylic oxidation sites excluding steroid dienone is 2. The molecule has 1 aliphatic carbocycles. The molecule has 1 heterocycles. The zero-order valence-corrected chi connectivity index (χ0v) is 9.34. The van der Waals surface area contributed by atoms with Gasteiger partial charge in [0.05, 0.1) is 6.10 Å². The predicted octanol–water partition coefficient (Wildman–Crippen LogP) is 1.92. The third kappa shape index (κ3) is 2.61. The highest BCUT2D eigenvalue weighted by Gasteiger charge is 2.20. The maximum absolute atomic E-state index is 10.1. The number of aliphatic hydroxyl groups excluding tert-OH is 1. The minimum absolute atomic E-state index is 0.309. The quantitative estimate of drug-likeness (QED) is 0.762. The second-order valence-corrected chi connectivity index (χ2v) is 4.39. The van der Waals surface area contributed by atoms with E-state index in [9.17, 15) is 5.11 Å². The van der Waals surface area contributed by atoms with Crippen molar-refractivity contribution in [2.75, 3.05) is 5.73 Å². The van der Waals surface area contributed by atoms with Crippen molar-refractivity contribution >= 4 is 5.69 Å². The Morgan fingerprint density at radius 2 is 2.38 bits per heavy atom. The molecule has 1 aromatic heterocycles. The number of hydrogen-bond donors (Lipinski definition) is 2. The molecule has 2 rings (SSSR count). The topological polar surface area (TPSA) is 59.1 Å². The Kier molecular flexibility index (Phi) is 3.57. The smallest absolute Gasteiger partial charge is 0.0613 e. The predicted molar refractivity (Wildman–Crippen MR) is 64.8 cm³/mol. The number of aromatic nitrogens is 1. The van der Waals surface area contributed by atoms with Gasteiger partial charge in [0, 0.05) is 24.5 Å². The summed E-state index contributed by atoms with van der Waals surface area (Å²) >= 11 is 0. The molecule has 3 N–H and O–H groups in total. The van der Waals surface area contributed by atoms with E-state index < -0.39 is 0 Å². The number of nitrogens with zero attached hydrogens (tertiary/aromatic N) is 1. The van der Waals surface area contributed by atoms with Gasteiger partial charge in [-0.05, 0) is 36.8 Å². The Morgan fingerprint density at radius 3 is 3.06 bits per heavy atom. The Labute approximate surface area is 96.0 Å². The van der Waals surface area contributed by atoms with Crippen molar-refractivity contribution in [3.05, 3.63) is 36.2 Å². The molecule has 86 valence electrons. The number of hydrogen-bond acceptors (Lipinski definition) is 3. The number of anilines is 1. The Hall–Kier alpha value is -1.35. The summed E-state index contributed by atoms with van der Waals surface area (Å²) in [6.07, 6.45) is 11.2. The molecule has 2 unspecified atom stereocenters. The Bertz CT molecular complexity index is 376. The Balaban J connectivity index is 1.99. The molecule has 0 amide bonds. The average molecular weight is 218 g/mol. The van der Waals surface area contributed by atoms with Crippen molar-refractivity contribution in [3.63, 3.8) is 0 Å². The molecule has 0 saturated heterocycles. The molecule has 16 heavy (non-hydrogen) atoms. The van der Waals surface area contributed by atoms with Gasteiger partial charge in [0.25, 0.3) is 0 Å². The van der Waals surface area contributed by atoms with E-state index in [1.54, 1.807) is 18.5 Å². The van der Waals surface area contributed by atoms with Gasteiger partial charge < -0.3 is 10.8 Å². The summed E-state index contributed by atoms with van der Waals surface area (Å²) in [4.78, 5) is 4.04. The molecule has 3 heteroatoms. The molecule has 3 nitrogen and oxygen atoms in total. The monoisotopic (exact) mass is 218 g/mol. The largest absolute Gasteiger partial charge is 0.398 e. The van der Waals surface area contributed by atoms with Crippen LogP contribution in [0, 0.1) is 5.92 Å². The van der Waals surface area contributed by atoms with Gasteiger partial charge in [-0.2, -0.15) is 0 Å². The summed E-state index contributed by atoms with van der Waals surface area (Å²) in [6.45, 7) is 0. The van der Waals surface area contributed by atoms with E-state index in [0.717, 1.165) is 30.5 Å². The molecule has 2 atom stereocenters. The second kappa shape index (κ2) is 5.12. The maximum atomic E-state index is 10.1. The van der Waals surface area contributed by atoms with Crippen molar-refractivity contribution in [1.82, 2.24) is 4.98 Å². The highest BCUT2D eigenvalue weighted by atomic mass is 16.3. The standard InChI is InChI=1S/C13H18N2O/c14-12-6-7-15-9-11(12)8-13(16)10-4-2-1-3-5-10/h1-2,6-7,9-10,13,16H,3-5,8H2,(H2,14,15). The van der Waals surface area contributed by atoms with Crippen LogP contribution in [0.3, 0.4) is 0 Å². The van der Waals surface area contributed by atoms with Crippen LogP contribution in [0.15, 0.2) is 30.6 Å². The number of nitrogen functional groups attached to an aromatic ring is 1. The van der Waals surface area contributed by atoms with Crippen molar-refractivity contribution in [2.24, 2.45) is 5.92 Å². The van der Waals surface area contributed by atoms with Crippen LogP contribution in [-0.4, -0.2) is 16.2 Å². The van der Waals surface area contributed by atoms with Gasteiger partial charge in [-0.15, -0.1) is 0 Å². The SMILES string of the molecule is Nc1ccncc1CC(O)C1CC=CCC1. The van der Waals surface area contributed by atoms with Crippen LogP contribution in [0.25, 0.3) is 0 Å². The van der Waals surface area contributed by atoms with E-state index in [1.807, 2.05) is 0 Å². The number of pyridine rings is 1. The molecule has 1 aliphatic rings. The van der Waals surface area contributed by atoms with Gasteiger partial charge >= 0.3 is 0 Å². The van der Waals surface area contributed by atoms with Crippen LogP contribution in [0.2, 0.25) is 0 Å². The summed E-state index contributed by atoms with van der Waals surface area (Å²) in [5.74, 6) is 0.365. The number of aliphatic hydroxyl groups is 1. The first-order chi connectivity index (χ1) is 7.77. The van der Waals surface area contributed by atoms with E-state index in [1.165, 1.54) is 0 Å². The van der Waals surface area contributed by atoms with E-state index in [2.05, 4.69) is 17.1 Å². The van der Waals surface area contributed by atoms with Gasteiger partial charge in [0.1, 0.15) is 0 Å². The highest BCUT2D eigenvalue weighted by Crippen LogP contribution is 2.24. The zero-order chi connectivity index (χ0) is 11.4. The molecule has 0 radical (unpaired) electrons. The molecule has 0 aliphatic heterocycles. The van der Waals surface area contributed by atoms with Crippen molar-refractivity contribution in [1.29, 1.82) is 0 Å². The molecular formula is C13H18N2O. The summed E-state index contributed by atoms with van der Waals surface area (Å²) in [7, 11) is 0. The molecular weight excluding hydrogens is 200 g/mol. The summed E-state index contributed by atoms with van der Waals surface area (Å²) in [6, 6.07) is 1.78. The van der Waals surface area contributed by atoms with E-state index in [4.69, 9.17) is 5.73 Å². The van der Waals surface area contributed by atoms with Gasteiger partial charge in [0.15, 0.2) is 0 Å². The van der Waals surface area contributed by atoms with Gasteiger partial charge in [-0.25, -0.2) is 0 Å². The first kappa shape index (κ1) is 11.1. The van der Waals surface area contributed by atoms with Crippen LogP contribution < -0.4 is 5.73 Å². The minimum atomic E-state index is -0.309. The molecule has 0 aromatic carbocycles. The fraction of sp³-hybridized carbons (Fsp3) is 0.462. The van der Waals surface area contributed by atoms with Crippen LogP contribution in [0.4, 0.5) is 5.69 Å². The Morgan fingerprint density at radius 1 is 1.50 bits per heavy atom. The van der Waals surface area contributed by atoms with E-state index >= 15 is 0 Å². The maximum Gasteiger partial charge on any atom is 0.0613 e. The lowest BCUT2D eigenvalue weighted by molar-refractivity contribution is 0.102. The third-order valence-electron chi connectivity index (χ3n) is 3.22.